The molecule has 0 amide bonds. The van der Waals surface area contributed by atoms with Crippen LogP contribution in [0.5, 0.6) is 0 Å². The van der Waals surface area contributed by atoms with Gasteiger partial charge in [0.25, 0.3) is 0 Å². The molecule has 1 heterocycles. The second-order valence-electron chi connectivity index (χ2n) is 4.56. The van der Waals surface area contributed by atoms with Crippen molar-refractivity contribution in [1.29, 1.82) is 0 Å². The predicted octanol–water partition coefficient (Wildman–Crippen LogP) is 4.39. The lowest BCUT2D eigenvalue weighted by Crippen LogP contribution is -2.02. The van der Waals surface area contributed by atoms with Gasteiger partial charge in [0.05, 0.1) is 17.9 Å². The molecule has 0 bridgehead atoms. The maximum Gasteiger partial charge on any atom is 0.124 e. The predicted molar refractivity (Wildman–Crippen MR) is 85.0 cm³/mol. The number of para-hydroxylation sites is 1. The van der Waals surface area contributed by atoms with Gasteiger partial charge < -0.3 is 5.32 Å². The molecule has 21 heavy (non-hydrogen) atoms. The van der Waals surface area contributed by atoms with Crippen molar-refractivity contribution in [1.82, 2.24) is 9.78 Å². The van der Waals surface area contributed by atoms with Gasteiger partial charge in [-0.05, 0) is 52.3 Å². The van der Waals surface area contributed by atoms with E-state index in [1.54, 1.807) is 6.07 Å². The molecule has 0 aliphatic heterocycles. The average Bonchev–Trinajstić information content (AvgIpc) is 2.96. The summed E-state index contributed by atoms with van der Waals surface area (Å²) in [5.74, 6) is -0.263. The normalized spacial score (nSPS) is 10.6. The van der Waals surface area contributed by atoms with Gasteiger partial charge in [-0.3, -0.25) is 0 Å². The zero-order valence-corrected chi connectivity index (χ0v) is 12.7. The molecule has 0 aliphatic rings. The number of hydrogen-bond acceptors (Lipinski definition) is 2. The number of halogens is 2. The highest BCUT2D eigenvalue weighted by Gasteiger charge is 2.04. The fourth-order valence-corrected chi connectivity index (χ4v) is 2.49. The number of nitrogens with one attached hydrogen (secondary N) is 1. The minimum atomic E-state index is -0.263. The van der Waals surface area contributed by atoms with Crippen molar-refractivity contribution < 1.29 is 4.39 Å². The maximum atomic E-state index is 13.0. The van der Waals surface area contributed by atoms with Crippen LogP contribution < -0.4 is 5.32 Å². The summed E-state index contributed by atoms with van der Waals surface area (Å²) in [6.45, 7) is 0.573. The van der Waals surface area contributed by atoms with E-state index in [9.17, 15) is 4.39 Å². The van der Waals surface area contributed by atoms with Crippen molar-refractivity contribution in [2.75, 3.05) is 5.32 Å². The van der Waals surface area contributed by atoms with E-state index >= 15 is 0 Å². The van der Waals surface area contributed by atoms with Gasteiger partial charge in [-0.2, -0.15) is 5.10 Å². The number of nitrogens with zero attached hydrogens (tertiary/aromatic N) is 2. The third-order valence-electron chi connectivity index (χ3n) is 3.06. The van der Waals surface area contributed by atoms with Crippen LogP contribution in [0.2, 0.25) is 0 Å². The molecule has 0 unspecified atom stereocenters. The molecule has 0 radical (unpaired) electrons. The Labute approximate surface area is 130 Å². The third-order valence-corrected chi connectivity index (χ3v) is 3.71. The Morgan fingerprint density at radius 1 is 1.10 bits per heavy atom. The summed E-state index contributed by atoms with van der Waals surface area (Å²) in [5, 5.41) is 7.74. The van der Waals surface area contributed by atoms with Gasteiger partial charge in [-0.25, -0.2) is 9.07 Å². The highest BCUT2D eigenvalue weighted by Crippen LogP contribution is 2.23. The quantitative estimate of drug-likeness (QED) is 0.760. The van der Waals surface area contributed by atoms with E-state index in [4.69, 9.17) is 0 Å². The van der Waals surface area contributed by atoms with Crippen LogP contribution in [-0.4, -0.2) is 9.78 Å². The number of aromatic nitrogens is 2. The van der Waals surface area contributed by atoms with Gasteiger partial charge in [0.2, 0.25) is 0 Å². The first-order chi connectivity index (χ1) is 10.2. The Kier molecular flexibility index (Phi) is 4.01. The Hall–Kier alpha value is -2.14. The largest absolute Gasteiger partial charge is 0.378 e. The SMILES string of the molecule is Fc1ccc(NCc2ccn(-c3ccccc3)n2)c(Br)c1. The van der Waals surface area contributed by atoms with Crippen molar-refractivity contribution >= 4 is 21.6 Å². The van der Waals surface area contributed by atoms with E-state index in [1.807, 2.05) is 47.3 Å². The molecule has 0 saturated carbocycles. The zero-order chi connectivity index (χ0) is 14.7. The molecule has 0 fully saturated rings. The Bertz CT molecular complexity index is 740. The Morgan fingerprint density at radius 2 is 1.90 bits per heavy atom. The zero-order valence-electron chi connectivity index (χ0n) is 11.1. The van der Waals surface area contributed by atoms with Crippen molar-refractivity contribution in [2.45, 2.75) is 6.54 Å². The fraction of sp³-hybridized carbons (Fsp3) is 0.0625. The molecule has 5 heteroatoms. The molecule has 0 aliphatic carbocycles. The Morgan fingerprint density at radius 3 is 2.67 bits per heavy atom. The second kappa shape index (κ2) is 6.10. The van der Waals surface area contributed by atoms with Crippen LogP contribution in [-0.2, 0) is 6.54 Å². The third kappa shape index (κ3) is 3.31. The standard InChI is InChI=1S/C16H13BrFN3/c17-15-10-12(18)6-7-16(15)19-11-13-8-9-21(20-13)14-4-2-1-3-5-14/h1-10,19H,11H2. The molecule has 0 saturated heterocycles. The number of rotatable bonds is 4. The molecular weight excluding hydrogens is 333 g/mol. The molecule has 0 spiro atoms. The summed E-state index contributed by atoms with van der Waals surface area (Å²) in [5.41, 5.74) is 2.77. The van der Waals surface area contributed by atoms with Crippen LogP contribution in [0.15, 0.2) is 65.3 Å². The highest BCUT2D eigenvalue weighted by atomic mass is 79.9. The topological polar surface area (TPSA) is 29.9 Å². The number of hydrogen-bond donors (Lipinski definition) is 1. The fourth-order valence-electron chi connectivity index (χ4n) is 2.00. The smallest absolute Gasteiger partial charge is 0.124 e. The summed E-state index contributed by atoms with van der Waals surface area (Å²) in [6.07, 6.45) is 1.92. The van der Waals surface area contributed by atoms with Crippen LogP contribution in [0.25, 0.3) is 5.69 Å². The molecule has 1 aromatic heterocycles. The van der Waals surface area contributed by atoms with E-state index < -0.39 is 0 Å². The molecule has 106 valence electrons. The van der Waals surface area contributed by atoms with Gasteiger partial charge in [-0.1, -0.05) is 18.2 Å². The average molecular weight is 346 g/mol. The van der Waals surface area contributed by atoms with E-state index in [-0.39, 0.29) is 5.82 Å². The highest BCUT2D eigenvalue weighted by molar-refractivity contribution is 9.10. The first-order valence-corrected chi connectivity index (χ1v) is 7.30. The van der Waals surface area contributed by atoms with E-state index in [0.717, 1.165) is 17.1 Å². The monoisotopic (exact) mass is 345 g/mol. The molecule has 3 nitrogen and oxygen atoms in total. The van der Waals surface area contributed by atoms with Gasteiger partial charge >= 0.3 is 0 Å². The van der Waals surface area contributed by atoms with E-state index in [1.165, 1.54) is 12.1 Å². The van der Waals surface area contributed by atoms with E-state index in [2.05, 4.69) is 26.3 Å². The lowest BCUT2D eigenvalue weighted by Gasteiger charge is -2.07. The first kappa shape index (κ1) is 13.8. The van der Waals surface area contributed by atoms with Gasteiger partial charge in [0.15, 0.2) is 0 Å². The molecule has 1 N–H and O–H groups in total. The van der Waals surface area contributed by atoms with Gasteiger partial charge in [0.1, 0.15) is 5.82 Å². The van der Waals surface area contributed by atoms with Crippen molar-refractivity contribution in [2.24, 2.45) is 0 Å². The minimum absolute atomic E-state index is 0.263. The minimum Gasteiger partial charge on any atom is -0.378 e. The van der Waals surface area contributed by atoms with Crippen molar-refractivity contribution in [3.63, 3.8) is 0 Å². The van der Waals surface area contributed by atoms with Crippen LogP contribution in [0.3, 0.4) is 0 Å². The van der Waals surface area contributed by atoms with Crippen LogP contribution in [0.4, 0.5) is 10.1 Å². The molecule has 0 atom stereocenters. The molecule has 3 aromatic rings. The lowest BCUT2D eigenvalue weighted by atomic mass is 10.3. The summed E-state index contributed by atoms with van der Waals surface area (Å²) < 4.78 is 15.6. The van der Waals surface area contributed by atoms with Crippen molar-refractivity contribution in [3.8, 4) is 5.69 Å². The Balaban J connectivity index is 1.70. The number of anilines is 1. The van der Waals surface area contributed by atoms with Gasteiger partial charge in [-0.15, -0.1) is 0 Å². The van der Waals surface area contributed by atoms with Crippen molar-refractivity contribution in [3.05, 3.63) is 76.8 Å². The van der Waals surface area contributed by atoms with Crippen LogP contribution in [0.1, 0.15) is 5.69 Å². The number of benzene rings is 2. The first-order valence-electron chi connectivity index (χ1n) is 6.51. The van der Waals surface area contributed by atoms with Crippen LogP contribution >= 0.6 is 15.9 Å². The molecular formula is C16H13BrFN3. The maximum absolute atomic E-state index is 13.0. The van der Waals surface area contributed by atoms with E-state index in [0.29, 0.717) is 11.0 Å². The summed E-state index contributed by atoms with van der Waals surface area (Å²) in [6, 6.07) is 16.4. The lowest BCUT2D eigenvalue weighted by molar-refractivity contribution is 0.627. The molecule has 3 rings (SSSR count). The summed E-state index contributed by atoms with van der Waals surface area (Å²) in [7, 11) is 0. The van der Waals surface area contributed by atoms with Gasteiger partial charge in [0, 0.05) is 16.4 Å². The summed E-state index contributed by atoms with van der Waals surface area (Å²) in [4.78, 5) is 0. The summed E-state index contributed by atoms with van der Waals surface area (Å²) >= 11 is 3.33. The van der Waals surface area contributed by atoms with Crippen LogP contribution in [0, 0.1) is 5.82 Å². The molecule has 2 aromatic carbocycles. The second-order valence-corrected chi connectivity index (χ2v) is 5.42.